The molecule has 178 valence electrons. The van der Waals surface area contributed by atoms with E-state index in [2.05, 4.69) is 10.2 Å². The molecular weight excluding hydrogens is 428 g/mol. The molecule has 3 amide bonds. The number of esters is 1. The maximum atomic E-state index is 13.1. The number of methoxy groups -OCH3 is 1. The molecule has 33 heavy (non-hydrogen) atoms. The standard InChI is InChI=1S/C23H30N4O6/c1-15(28)24-7-6-20(30)25-10-18-9-19(29)11-27(18)23(12-25)13-26(14-23)21(31)16-4-3-5-17(8-16)22(32)33-2/h3-5,8,18-19,29H,6-7,9-14H2,1-2H3,(H,24,28). The highest BCUT2D eigenvalue weighted by Gasteiger charge is 2.57. The summed E-state index contributed by atoms with van der Waals surface area (Å²) in [4.78, 5) is 54.6. The van der Waals surface area contributed by atoms with Crippen LogP contribution >= 0.6 is 0 Å². The normalized spacial score (nSPS) is 23.6. The lowest BCUT2D eigenvalue weighted by Crippen LogP contribution is -2.79. The number of nitrogens with one attached hydrogen (secondary N) is 1. The Morgan fingerprint density at radius 2 is 1.82 bits per heavy atom. The molecule has 3 heterocycles. The maximum Gasteiger partial charge on any atom is 0.337 e. The second-order valence-electron chi connectivity index (χ2n) is 9.16. The Hall–Kier alpha value is -2.98. The number of hydrogen-bond donors (Lipinski definition) is 2. The summed E-state index contributed by atoms with van der Waals surface area (Å²) in [6.45, 7) is 4.11. The van der Waals surface area contributed by atoms with Crippen molar-refractivity contribution < 1.29 is 29.0 Å². The van der Waals surface area contributed by atoms with Crippen LogP contribution in [0.1, 0.15) is 40.5 Å². The van der Waals surface area contributed by atoms with E-state index in [-0.39, 0.29) is 36.7 Å². The number of carbonyl (C=O) groups excluding carboxylic acids is 4. The van der Waals surface area contributed by atoms with Crippen molar-refractivity contribution in [2.75, 3.05) is 46.4 Å². The summed E-state index contributed by atoms with van der Waals surface area (Å²) in [5.41, 5.74) is 0.319. The van der Waals surface area contributed by atoms with Crippen molar-refractivity contribution in [3.05, 3.63) is 35.4 Å². The fraction of sp³-hybridized carbons (Fsp3) is 0.565. The summed E-state index contributed by atoms with van der Waals surface area (Å²) in [5, 5.41) is 12.9. The van der Waals surface area contributed by atoms with E-state index < -0.39 is 17.6 Å². The number of rotatable bonds is 5. The third-order valence-corrected chi connectivity index (χ3v) is 6.77. The van der Waals surface area contributed by atoms with Gasteiger partial charge in [-0.3, -0.25) is 19.3 Å². The van der Waals surface area contributed by atoms with Gasteiger partial charge in [-0.2, -0.15) is 0 Å². The average molecular weight is 459 g/mol. The Kier molecular flexibility index (Phi) is 6.40. The maximum absolute atomic E-state index is 13.1. The number of fused-ring (bicyclic) bond motifs is 2. The van der Waals surface area contributed by atoms with Gasteiger partial charge in [0.25, 0.3) is 5.91 Å². The van der Waals surface area contributed by atoms with Crippen LogP contribution in [0.5, 0.6) is 0 Å². The molecule has 3 aliphatic heterocycles. The Bertz CT molecular complexity index is 960. The molecule has 1 aromatic carbocycles. The third-order valence-electron chi connectivity index (χ3n) is 6.77. The Labute approximate surface area is 192 Å². The van der Waals surface area contributed by atoms with Crippen LogP contribution in [-0.4, -0.2) is 108 Å². The van der Waals surface area contributed by atoms with Gasteiger partial charge < -0.3 is 25.0 Å². The zero-order chi connectivity index (χ0) is 23.8. The van der Waals surface area contributed by atoms with Crippen LogP contribution < -0.4 is 5.32 Å². The number of nitrogens with zero attached hydrogens (tertiary/aromatic N) is 3. The molecule has 0 aromatic heterocycles. The van der Waals surface area contributed by atoms with Crippen molar-refractivity contribution in [2.45, 2.75) is 37.5 Å². The number of benzene rings is 1. The van der Waals surface area contributed by atoms with Crippen LogP contribution in [-0.2, 0) is 14.3 Å². The van der Waals surface area contributed by atoms with E-state index in [1.807, 2.05) is 0 Å². The highest BCUT2D eigenvalue weighted by molar-refractivity contribution is 5.98. The number of aliphatic hydroxyl groups is 1. The Balaban J connectivity index is 1.46. The van der Waals surface area contributed by atoms with Crippen LogP contribution in [0.25, 0.3) is 0 Å². The van der Waals surface area contributed by atoms with Gasteiger partial charge in [0.2, 0.25) is 11.8 Å². The van der Waals surface area contributed by atoms with E-state index in [1.54, 1.807) is 28.0 Å². The van der Waals surface area contributed by atoms with Crippen molar-refractivity contribution in [1.82, 2.24) is 20.0 Å². The highest BCUT2D eigenvalue weighted by Crippen LogP contribution is 2.39. The number of amides is 3. The predicted octanol–water partition coefficient (Wildman–Crippen LogP) is -0.529. The van der Waals surface area contributed by atoms with E-state index in [0.717, 1.165) is 0 Å². The Morgan fingerprint density at radius 3 is 2.52 bits per heavy atom. The first-order valence-corrected chi connectivity index (χ1v) is 11.2. The number of hydrogen-bond acceptors (Lipinski definition) is 7. The summed E-state index contributed by atoms with van der Waals surface area (Å²) in [6, 6.07) is 6.49. The number of ether oxygens (including phenoxy) is 1. The van der Waals surface area contributed by atoms with Gasteiger partial charge in [0.15, 0.2) is 0 Å². The molecule has 0 radical (unpaired) electrons. The summed E-state index contributed by atoms with van der Waals surface area (Å²) in [5.74, 6) is -0.900. The van der Waals surface area contributed by atoms with Gasteiger partial charge in [0, 0.05) is 64.2 Å². The number of carbonyl (C=O) groups is 4. The second-order valence-corrected chi connectivity index (χ2v) is 9.16. The molecule has 10 heteroatoms. The molecule has 4 rings (SSSR count). The second kappa shape index (κ2) is 9.11. The van der Waals surface area contributed by atoms with E-state index in [9.17, 15) is 24.3 Å². The predicted molar refractivity (Wildman–Crippen MR) is 117 cm³/mol. The van der Waals surface area contributed by atoms with Gasteiger partial charge in [-0.05, 0) is 24.6 Å². The van der Waals surface area contributed by atoms with Crippen LogP contribution in [0.15, 0.2) is 24.3 Å². The number of piperazine rings is 1. The molecule has 1 spiro atoms. The molecule has 1 aromatic rings. The molecule has 3 fully saturated rings. The van der Waals surface area contributed by atoms with Gasteiger partial charge in [0.1, 0.15) is 0 Å². The Morgan fingerprint density at radius 1 is 1.12 bits per heavy atom. The van der Waals surface area contributed by atoms with Gasteiger partial charge >= 0.3 is 5.97 Å². The monoisotopic (exact) mass is 458 g/mol. The van der Waals surface area contributed by atoms with Crippen LogP contribution in [0.4, 0.5) is 0 Å². The largest absolute Gasteiger partial charge is 0.465 e. The van der Waals surface area contributed by atoms with Crippen LogP contribution in [0, 0.1) is 0 Å². The SMILES string of the molecule is COC(=O)c1cccc(C(=O)N2CC3(CN(C(=O)CCNC(C)=O)CC4CC(O)CN43)C2)c1. The quantitative estimate of drug-likeness (QED) is 0.570. The van der Waals surface area contributed by atoms with E-state index in [4.69, 9.17) is 4.74 Å². The minimum Gasteiger partial charge on any atom is -0.465 e. The molecular formula is C23H30N4O6. The van der Waals surface area contributed by atoms with Crippen molar-refractivity contribution in [3.63, 3.8) is 0 Å². The fourth-order valence-corrected chi connectivity index (χ4v) is 5.27. The van der Waals surface area contributed by atoms with Gasteiger partial charge in [-0.15, -0.1) is 0 Å². The summed E-state index contributed by atoms with van der Waals surface area (Å²) in [7, 11) is 1.29. The van der Waals surface area contributed by atoms with Crippen molar-refractivity contribution in [3.8, 4) is 0 Å². The molecule has 2 N–H and O–H groups in total. The van der Waals surface area contributed by atoms with E-state index in [1.165, 1.54) is 20.1 Å². The molecule has 3 saturated heterocycles. The lowest BCUT2D eigenvalue weighted by molar-refractivity contribution is -0.146. The van der Waals surface area contributed by atoms with Crippen LogP contribution in [0.2, 0.25) is 0 Å². The molecule has 0 bridgehead atoms. The highest BCUT2D eigenvalue weighted by atomic mass is 16.5. The summed E-state index contributed by atoms with van der Waals surface area (Å²) >= 11 is 0. The smallest absolute Gasteiger partial charge is 0.337 e. The zero-order valence-corrected chi connectivity index (χ0v) is 19.0. The molecule has 2 unspecified atom stereocenters. The molecule has 0 saturated carbocycles. The molecule has 2 atom stereocenters. The number of aliphatic hydroxyl groups excluding tert-OH is 1. The lowest BCUT2D eigenvalue weighted by atomic mass is 9.83. The zero-order valence-electron chi connectivity index (χ0n) is 19.0. The topological polar surface area (TPSA) is 119 Å². The van der Waals surface area contributed by atoms with Gasteiger partial charge in [0.05, 0.1) is 24.3 Å². The molecule has 3 aliphatic rings. The van der Waals surface area contributed by atoms with Gasteiger partial charge in [-0.1, -0.05) is 6.07 Å². The lowest BCUT2D eigenvalue weighted by Gasteiger charge is -2.60. The average Bonchev–Trinajstić information content (AvgIpc) is 3.16. The molecule has 10 nitrogen and oxygen atoms in total. The first-order chi connectivity index (χ1) is 15.7. The first kappa shape index (κ1) is 23.2. The number of β-amino-alcohol motifs (C(OH)–C–C–N with tert-alkyl or cyclic N) is 1. The van der Waals surface area contributed by atoms with Crippen molar-refractivity contribution in [1.29, 1.82) is 0 Å². The summed E-state index contributed by atoms with van der Waals surface area (Å²) in [6.07, 6.45) is 0.350. The first-order valence-electron chi connectivity index (χ1n) is 11.2. The fourth-order valence-electron chi connectivity index (χ4n) is 5.27. The summed E-state index contributed by atoms with van der Waals surface area (Å²) < 4.78 is 4.74. The number of likely N-dealkylation sites (tertiary alicyclic amines) is 1. The minimum atomic E-state index is -0.501. The van der Waals surface area contributed by atoms with Crippen molar-refractivity contribution in [2.24, 2.45) is 0 Å². The van der Waals surface area contributed by atoms with Crippen molar-refractivity contribution >= 4 is 23.7 Å². The third kappa shape index (κ3) is 4.58. The van der Waals surface area contributed by atoms with Crippen LogP contribution in [0.3, 0.4) is 0 Å². The van der Waals surface area contributed by atoms with E-state index in [0.29, 0.717) is 50.3 Å². The van der Waals surface area contributed by atoms with Gasteiger partial charge in [-0.25, -0.2) is 4.79 Å². The van der Waals surface area contributed by atoms with E-state index >= 15 is 0 Å². The minimum absolute atomic E-state index is 0.0402. The molecule has 0 aliphatic carbocycles.